The van der Waals surface area contributed by atoms with E-state index in [1.165, 1.54) is 13.2 Å². The highest BCUT2D eigenvalue weighted by molar-refractivity contribution is 7.89. The Bertz CT molecular complexity index is 554. The summed E-state index contributed by atoms with van der Waals surface area (Å²) in [6.07, 6.45) is 0. The van der Waals surface area contributed by atoms with E-state index in [0.717, 1.165) is 0 Å². The van der Waals surface area contributed by atoms with Crippen molar-refractivity contribution in [1.82, 2.24) is 0 Å². The SMILES string of the molecule is COC(=O)C(C)Nc1ccc(C)c(S(N)(=O)=O)c1. The normalized spacial score (nSPS) is 12.9. The molecule has 0 bridgehead atoms. The molecular formula is C11H16N2O4S. The molecule has 3 N–H and O–H groups in total. The van der Waals surface area contributed by atoms with Crippen molar-refractivity contribution in [2.24, 2.45) is 5.14 Å². The molecule has 1 aromatic rings. The molecule has 18 heavy (non-hydrogen) atoms. The number of benzene rings is 1. The van der Waals surface area contributed by atoms with Gasteiger partial charge in [0.05, 0.1) is 12.0 Å². The van der Waals surface area contributed by atoms with Crippen LogP contribution in [-0.4, -0.2) is 27.5 Å². The second kappa shape index (κ2) is 5.36. The number of primary sulfonamides is 1. The summed E-state index contributed by atoms with van der Waals surface area (Å²) >= 11 is 0. The molecule has 0 amide bonds. The first kappa shape index (κ1) is 14.5. The lowest BCUT2D eigenvalue weighted by Crippen LogP contribution is -2.27. The van der Waals surface area contributed by atoms with Crippen molar-refractivity contribution in [2.45, 2.75) is 24.8 Å². The second-order valence-electron chi connectivity index (χ2n) is 3.91. The fourth-order valence-electron chi connectivity index (χ4n) is 1.48. The van der Waals surface area contributed by atoms with Crippen LogP contribution in [0.5, 0.6) is 0 Å². The molecule has 6 nitrogen and oxygen atoms in total. The molecule has 0 aliphatic carbocycles. The molecule has 1 aromatic carbocycles. The third kappa shape index (κ3) is 3.44. The van der Waals surface area contributed by atoms with Crippen LogP contribution < -0.4 is 10.5 Å². The average Bonchev–Trinajstić information content (AvgIpc) is 2.29. The van der Waals surface area contributed by atoms with Crippen LogP contribution in [0, 0.1) is 6.92 Å². The summed E-state index contributed by atoms with van der Waals surface area (Å²) in [4.78, 5) is 11.3. The van der Waals surface area contributed by atoms with Gasteiger partial charge in [0, 0.05) is 5.69 Å². The summed E-state index contributed by atoms with van der Waals surface area (Å²) in [7, 11) is -2.49. The van der Waals surface area contributed by atoms with Crippen molar-refractivity contribution in [3.8, 4) is 0 Å². The van der Waals surface area contributed by atoms with Crippen molar-refractivity contribution in [3.05, 3.63) is 23.8 Å². The van der Waals surface area contributed by atoms with Crippen molar-refractivity contribution in [2.75, 3.05) is 12.4 Å². The maximum absolute atomic E-state index is 11.3. The topological polar surface area (TPSA) is 98.5 Å². The molecule has 0 fully saturated rings. The maximum atomic E-state index is 11.3. The number of methoxy groups -OCH3 is 1. The summed E-state index contributed by atoms with van der Waals surface area (Å²) < 4.78 is 27.2. The fraction of sp³-hybridized carbons (Fsp3) is 0.364. The molecule has 0 aliphatic rings. The number of esters is 1. The van der Waals surface area contributed by atoms with Crippen LogP contribution in [0.1, 0.15) is 12.5 Å². The number of hydrogen-bond acceptors (Lipinski definition) is 5. The van der Waals surface area contributed by atoms with E-state index >= 15 is 0 Å². The minimum absolute atomic E-state index is 0.0320. The first-order valence-corrected chi connectivity index (χ1v) is 6.78. The van der Waals surface area contributed by atoms with Gasteiger partial charge in [-0.15, -0.1) is 0 Å². The van der Waals surface area contributed by atoms with Crippen molar-refractivity contribution in [3.63, 3.8) is 0 Å². The van der Waals surface area contributed by atoms with Gasteiger partial charge in [0.2, 0.25) is 10.0 Å². The lowest BCUT2D eigenvalue weighted by molar-refractivity contribution is -0.141. The zero-order valence-electron chi connectivity index (χ0n) is 10.4. The summed E-state index contributed by atoms with van der Waals surface area (Å²) in [6, 6.07) is 4.10. The van der Waals surface area contributed by atoms with Gasteiger partial charge in [-0.3, -0.25) is 0 Å². The van der Waals surface area contributed by atoms with Crippen molar-refractivity contribution < 1.29 is 17.9 Å². The number of sulfonamides is 1. The molecule has 0 spiro atoms. The van der Waals surface area contributed by atoms with E-state index in [-0.39, 0.29) is 4.90 Å². The van der Waals surface area contributed by atoms with E-state index < -0.39 is 22.0 Å². The highest BCUT2D eigenvalue weighted by atomic mass is 32.2. The number of rotatable bonds is 4. The van der Waals surface area contributed by atoms with Gasteiger partial charge in [0.15, 0.2) is 0 Å². The molecule has 0 heterocycles. The van der Waals surface area contributed by atoms with Crippen molar-refractivity contribution >= 4 is 21.7 Å². The first-order valence-electron chi connectivity index (χ1n) is 5.23. The smallest absolute Gasteiger partial charge is 0.327 e. The molecule has 100 valence electrons. The quantitative estimate of drug-likeness (QED) is 0.783. The Morgan fingerprint density at radius 2 is 2.06 bits per heavy atom. The number of nitrogens with one attached hydrogen (secondary N) is 1. The number of carbonyl (C=O) groups is 1. The van der Waals surface area contributed by atoms with E-state index in [2.05, 4.69) is 10.1 Å². The molecule has 1 atom stereocenters. The monoisotopic (exact) mass is 272 g/mol. The molecule has 1 unspecified atom stereocenters. The third-order valence-electron chi connectivity index (χ3n) is 2.43. The largest absolute Gasteiger partial charge is 0.467 e. The lowest BCUT2D eigenvalue weighted by Gasteiger charge is -2.14. The van der Waals surface area contributed by atoms with E-state index in [9.17, 15) is 13.2 Å². The Balaban J connectivity index is 3.03. The van der Waals surface area contributed by atoms with E-state index in [0.29, 0.717) is 11.3 Å². The molecule has 7 heteroatoms. The predicted molar refractivity (Wildman–Crippen MR) is 67.7 cm³/mol. The molecule has 0 radical (unpaired) electrons. The molecular weight excluding hydrogens is 256 g/mol. The Labute approximate surface area is 106 Å². The second-order valence-corrected chi connectivity index (χ2v) is 5.44. The Morgan fingerprint density at radius 3 is 2.56 bits per heavy atom. The van der Waals surface area contributed by atoms with E-state index in [1.54, 1.807) is 26.0 Å². The van der Waals surface area contributed by atoms with Crippen molar-refractivity contribution in [1.29, 1.82) is 0 Å². The van der Waals surface area contributed by atoms with Gasteiger partial charge in [0.25, 0.3) is 0 Å². The number of carbonyl (C=O) groups excluding carboxylic acids is 1. The Hall–Kier alpha value is -1.60. The first-order chi connectivity index (χ1) is 8.25. The maximum Gasteiger partial charge on any atom is 0.327 e. The minimum Gasteiger partial charge on any atom is -0.467 e. The predicted octanol–water partition coefficient (Wildman–Crippen LogP) is 0.616. The summed E-state index contributed by atoms with van der Waals surface area (Å²) in [6.45, 7) is 3.26. The lowest BCUT2D eigenvalue weighted by atomic mass is 10.2. The number of anilines is 1. The van der Waals surface area contributed by atoms with Gasteiger partial charge in [-0.05, 0) is 31.5 Å². The molecule has 0 saturated carbocycles. The van der Waals surface area contributed by atoms with Crippen LogP contribution in [0.4, 0.5) is 5.69 Å². The summed E-state index contributed by atoms with van der Waals surface area (Å²) in [5.74, 6) is -0.437. The number of hydrogen-bond donors (Lipinski definition) is 2. The van der Waals surface area contributed by atoms with Gasteiger partial charge >= 0.3 is 5.97 Å². The standard InChI is InChI=1S/C11H16N2O4S/c1-7-4-5-9(6-10(7)18(12,15)16)13-8(2)11(14)17-3/h4-6,8,13H,1-3H3,(H2,12,15,16). The van der Waals surface area contributed by atoms with E-state index in [1.807, 2.05) is 0 Å². The fourth-order valence-corrected chi connectivity index (χ4v) is 2.29. The van der Waals surface area contributed by atoms with Gasteiger partial charge in [-0.2, -0.15) is 0 Å². The van der Waals surface area contributed by atoms with Crippen LogP contribution in [-0.2, 0) is 19.6 Å². The van der Waals surface area contributed by atoms with Crippen LogP contribution in [0.25, 0.3) is 0 Å². The highest BCUT2D eigenvalue weighted by Crippen LogP contribution is 2.19. The van der Waals surface area contributed by atoms with Gasteiger partial charge in [0.1, 0.15) is 6.04 Å². The highest BCUT2D eigenvalue weighted by Gasteiger charge is 2.15. The summed E-state index contributed by atoms with van der Waals surface area (Å²) in [5, 5.41) is 7.93. The van der Waals surface area contributed by atoms with Crippen LogP contribution in [0.15, 0.2) is 23.1 Å². The Morgan fingerprint density at radius 1 is 1.44 bits per heavy atom. The van der Waals surface area contributed by atoms with Crippen LogP contribution >= 0.6 is 0 Å². The van der Waals surface area contributed by atoms with Gasteiger partial charge < -0.3 is 10.1 Å². The zero-order chi connectivity index (χ0) is 13.9. The number of nitrogens with two attached hydrogens (primary N) is 1. The van der Waals surface area contributed by atoms with Crippen LogP contribution in [0.2, 0.25) is 0 Å². The zero-order valence-corrected chi connectivity index (χ0v) is 11.2. The summed E-state index contributed by atoms with van der Waals surface area (Å²) in [5.41, 5.74) is 1.04. The molecule has 0 aromatic heterocycles. The molecule has 0 saturated heterocycles. The number of aryl methyl sites for hydroxylation is 1. The van der Waals surface area contributed by atoms with Gasteiger partial charge in [-0.1, -0.05) is 6.07 Å². The molecule has 1 rings (SSSR count). The molecule has 0 aliphatic heterocycles. The third-order valence-corrected chi connectivity index (χ3v) is 3.49. The average molecular weight is 272 g/mol. The minimum atomic E-state index is -3.77. The van der Waals surface area contributed by atoms with Gasteiger partial charge in [-0.25, -0.2) is 18.4 Å². The Kier molecular flexibility index (Phi) is 4.31. The van der Waals surface area contributed by atoms with E-state index in [4.69, 9.17) is 5.14 Å². The van der Waals surface area contributed by atoms with Crippen LogP contribution in [0.3, 0.4) is 0 Å². The number of ether oxygens (including phenoxy) is 1.